The number of likely N-dealkylation sites (tertiary alicyclic amines) is 1. The monoisotopic (exact) mass is 529 g/mol. The van der Waals surface area contributed by atoms with E-state index >= 15 is 0 Å². The molecule has 0 atom stereocenters. The van der Waals surface area contributed by atoms with Gasteiger partial charge in [-0.05, 0) is 70.1 Å². The minimum atomic E-state index is -0.484. The van der Waals surface area contributed by atoms with Crippen LogP contribution in [0.2, 0.25) is 0 Å². The molecule has 0 bridgehead atoms. The van der Waals surface area contributed by atoms with Crippen LogP contribution in [0.1, 0.15) is 47.5 Å². The lowest BCUT2D eigenvalue weighted by molar-refractivity contribution is -0.000330. The van der Waals surface area contributed by atoms with Crippen LogP contribution in [0.25, 0.3) is 11.0 Å². The molecule has 0 aromatic carbocycles. The van der Waals surface area contributed by atoms with Crippen molar-refractivity contribution in [3.63, 3.8) is 0 Å². The Balaban J connectivity index is 1.58. The molecule has 1 aliphatic rings. The summed E-state index contributed by atoms with van der Waals surface area (Å²) in [6.07, 6.45) is 3.13. The van der Waals surface area contributed by atoms with Crippen LogP contribution in [0.3, 0.4) is 0 Å². The highest BCUT2D eigenvalue weighted by molar-refractivity contribution is 14.1. The fourth-order valence-electron chi connectivity index (χ4n) is 3.90. The molecule has 1 aliphatic heterocycles. The van der Waals surface area contributed by atoms with Crippen molar-refractivity contribution in [2.24, 2.45) is 0 Å². The zero-order valence-corrected chi connectivity index (χ0v) is 20.6. The van der Waals surface area contributed by atoms with Crippen molar-refractivity contribution >= 4 is 45.5 Å². The van der Waals surface area contributed by atoms with Crippen LogP contribution < -0.4 is 5.73 Å². The number of aromatic nitrogens is 4. The molecule has 0 spiro atoms. The van der Waals surface area contributed by atoms with Crippen molar-refractivity contribution in [3.8, 4) is 0 Å². The number of nitrogens with zero attached hydrogens (tertiary/aromatic N) is 6. The third kappa shape index (κ3) is 5.32. The molecule has 166 valence electrons. The van der Waals surface area contributed by atoms with Gasteiger partial charge in [0.1, 0.15) is 21.4 Å². The number of anilines is 1. The summed E-state index contributed by atoms with van der Waals surface area (Å²) in [4.78, 5) is 25.4. The maximum absolute atomic E-state index is 12.7. The second-order valence-electron chi connectivity index (χ2n) is 9.03. The normalized spacial score (nSPS) is 16.4. The lowest BCUT2D eigenvalue weighted by Gasteiger charge is -2.41. The Morgan fingerprint density at radius 1 is 1.30 bits per heavy atom. The number of fused-ring (bicyclic) bond motifs is 1. The van der Waals surface area contributed by atoms with E-state index in [1.165, 1.54) is 6.33 Å². The molecule has 1 fully saturated rings. The Morgan fingerprint density at radius 3 is 2.57 bits per heavy atom. The predicted octanol–water partition coefficient (Wildman–Crippen LogP) is 3.12. The second-order valence-corrected chi connectivity index (χ2v) is 10.0. The highest BCUT2D eigenvalue weighted by atomic mass is 127. The Hall–Kier alpha value is -1.69. The molecule has 2 aromatic rings. The van der Waals surface area contributed by atoms with Gasteiger partial charge in [-0.15, -0.1) is 0 Å². The summed E-state index contributed by atoms with van der Waals surface area (Å²) in [5.41, 5.74) is 6.27. The molecule has 0 aliphatic carbocycles. The summed E-state index contributed by atoms with van der Waals surface area (Å²) < 4.78 is 8.37. The number of halogens is 1. The van der Waals surface area contributed by atoms with Crippen LogP contribution in [0.4, 0.5) is 10.6 Å². The number of piperidine rings is 1. The summed E-state index contributed by atoms with van der Waals surface area (Å²) in [5.74, 6) is 0.465. The molecule has 0 radical (unpaired) electrons. The molecular weight excluding hydrogens is 497 g/mol. The third-order valence-electron chi connectivity index (χ3n) is 5.26. The van der Waals surface area contributed by atoms with Crippen molar-refractivity contribution in [2.75, 3.05) is 25.4 Å². The summed E-state index contributed by atoms with van der Waals surface area (Å²) in [6, 6.07) is 0.314. The van der Waals surface area contributed by atoms with Crippen LogP contribution in [0.15, 0.2) is 6.33 Å². The SMILES string of the molecule is CC(C)N(C(=O)OC(C)(C)C)C1CCN(CCn2nc(I)c3c(N)ncnc32)CC1. The van der Waals surface area contributed by atoms with Crippen molar-refractivity contribution in [2.45, 2.75) is 71.7 Å². The van der Waals surface area contributed by atoms with E-state index in [9.17, 15) is 4.79 Å². The molecule has 0 unspecified atom stereocenters. The molecule has 30 heavy (non-hydrogen) atoms. The highest BCUT2D eigenvalue weighted by Crippen LogP contribution is 2.24. The number of ether oxygens (including phenoxy) is 1. The first-order valence-corrected chi connectivity index (χ1v) is 11.5. The zero-order valence-electron chi connectivity index (χ0n) is 18.4. The molecule has 1 amide bonds. The van der Waals surface area contributed by atoms with E-state index in [-0.39, 0.29) is 18.2 Å². The molecule has 0 saturated carbocycles. The molecule has 10 heteroatoms. The first kappa shape index (κ1) is 23.0. The number of rotatable bonds is 5. The second kappa shape index (κ2) is 9.21. The summed E-state index contributed by atoms with van der Waals surface area (Å²) >= 11 is 2.17. The smallest absolute Gasteiger partial charge is 0.410 e. The van der Waals surface area contributed by atoms with Crippen molar-refractivity contribution < 1.29 is 9.53 Å². The molecular formula is C20H32IN7O2. The largest absolute Gasteiger partial charge is 0.444 e. The number of amides is 1. The van der Waals surface area contributed by atoms with Crippen LogP contribution in [0.5, 0.6) is 0 Å². The maximum Gasteiger partial charge on any atom is 0.410 e. The van der Waals surface area contributed by atoms with Gasteiger partial charge in [0.05, 0.1) is 11.9 Å². The number of carbonyl (C=O) groups is 1. The molecule has 1 saturated heterocycles. The van der Waals surface area contributed by atoms with Gasteiger partial charge in [-0.25, -0.2) is 19.4 Å². The van der Waals surface area contributed by atoms with E-state index in [1.54, 1.807) is 0 Å². The molecule has 3 heterocycles. The topological polar surface area (TPSA) is 102 Å². The van der Waals surface area contributed by atoms with Gasteiger partial charge in [-0.1, -0.05) is 0 Å². The van der Waals surface area contributed by atoms with Crippen LogP contribution >= 0.6 is 22.6 Å². The molecule has 2 aromatic heterocycles. The van der Waals surface area contributed by atoms with Gasteiger partial charge in [0.15, 0.2) is 5.65 Å². The minimum Gasteiger partial charge on any atom is -0.444 e. The van der Waals surface area contributed by atoms with E-state index in [2.05, 4.69) is 42.6 Å². The number of nitrogens with two attached hydrogens (primary N) is 1. The van der Waals surface area contributed by atoms with Gasteiger partial charge in [0, 0.05) is 31.7 Å². The van der Waals surface area contributed by atoms with Gasteiger partial charge in [-0.2, -0.15) is 5.10 Å². The Morgan fingerprint density at radius 2 is 1.97 bits per heavy atom. The first-order chi connectivity index (χ1) is 14.1. The van der Waals surface area contributed by atoms with Crippen LogP contribution in [-0.2, 0) is 11.3 Å². The summed E-state index contributed by atoms with van der Waals surface area (Å²) in [5, 5.41) is 5.40. The number of hydrogen-bond acceptors (Lipinski definition) is 7. The average molecular weight is 529 g/mol. The Labute approximate surface area is 191 Å². The zero-order chi connectivity index (χ0) is 22.1. The number of nitrogen functional groups attached to an aromatic ring is 1. The maximum atomic E-state index is 12.7. The van der Waals surface area contributed by atoms with Gasteiger partial charge in [-0.3, -0.25) is 0 Å². The van der Waals surface area contributed by atoms with E-state index in [1.807, 2.05) is 44.2 Å². The number of hydrogen-bond donors (Lipinski definition) is 1. The van der Waals surface area contributed by atoms with E-state index in [0.29, 0.717) is 5.82 Å². The van der Waals surface area contributed by atoms with Crippen molar-refractivity contribution in [1.82, 2.24) is 29.5 Å². The molecule has 2 N–H and O–H groups in total. The average Bonchev–Trinajstić information content (AvgIpc) is 2.96. The van der Waals surface area contributed by atoms with E-state index in [4.69, 9.17) is 10.5 Å². The first-order valence-electron chi connectivity index (χ1n) is 10.4. The third-order valence-corrected chi connectivity index (χ3v) is 6.01. The Kier molecular flexibility index (Phi) is 7.05. The van der Waals surface area contributed by atoms with Crippen LogP contribution in [-0.4, -0.2) is 73.0 Å². The van der Waals surface area contributed by atoms with Crippen molar-refractivity contribution in [3.05, 3.63) is 10.0 Å². The fourth-order valence-corrected chi connectivity index (χ4v) is 4.67. The summed E-state index contributed by atoms with van der Waals surface area (Å²) in [6.45, 7) is 13.3. The van der Waals surface area contributed by atoms with Gasteiger partial charge in [0.25, 0.3) is 0 Å². The highest BCUT2D eigenvalue weighted by Gasteiger charge is 2.32. The van der Waals surface area contributed by atoms with Gasteiger partial charge < -0.3 is 20.3 Å². The van der Waals surface area contributed by atoms with E-state index in [0.717, 1.165) is 53.8 Å². The molecule has 3 rings (SSSR count). The lowest BCUT2D eigenvalue weighted by Crippen LogP contribution is -2.51. The standard InChI is InChI=1S/C20H32IN7O2/c1-13(2)28(19(29)30-20(3,4)5)14-6-8-26(9-7-14)10-11-27-18-15(16(21)25-27)17(22)23-12-24-18/h12-14H,6-11H2,1-5H3,(H2,22,23,24). The minimum absolute atomic E-state index is 0.110. The predicted molar refractivity (Wildman–Crippen MR) is 125 cm³/mol. The van der Waals surface area contributed by atoms with Gasteiger partial charge in [0.2, 0.25) is 0 Å². The van der Waals surface area contributed by atoms with Crippen LogP contribution in [0, 0.1) is 3.70 Å². The van der Waals surface area contributed by atoms with E-state index < -0.39 is 5.60 Å². The fraction of sp³-hybridized carbons (Fsp3) is 0.700. The van der Waals surface area contributed by atoms with Crippen molar-refractivity contribution in [1.29, 1.82) is 0 Å². The molecule has 9 nitrogen and oxygen atoms in total. The van der Waals surface area contributed by atoms with Gasteiger partial charge >= 0.3 is 6.09 Å². The summed E-state index contributed by atoms with van der Waals surface area (Å²) in [7, 11) is 0. The quantitative estimate of drug-likeness (QED) is 0.594. The number of carbonyl (C=O) groups excluding carboxylic acids is 1. The Bertz CT molecular complexity index is 885. The lowest BCUT2D eigenvalue weighted by atomic mass is 10.0.